The highest BCUT2D eigenvalue weighted by Gasteiger charge is 2.51. The predicted octanol–water partition coefficient (Wildman–Crippen LogP) is 4.73. The van der Waals surface area contributed by atoms with E-state index in [2.05, 4.69) is 9.97 Å². The largest absolute Gasteiger partial charge is 0.450 e. The third-order valence-corrected chi connectivity index (χ3v) is 9.01. The van der Waals surface area contributed by atoms with E-state index in [0.29, 0.717) is 35.5 Å². The first-order valence-electron chi connectivity index (χ1n) is 11.3. The smallest absolute Gasteiger partial charge is 0.346 e. The van der Waals surface area contributed by atoms with Crippen LogP contribution in [-0.2, 0) is 15.5 Å². The van der Waals surface area contributed by atoms with E-state index in [4.69, 9.17) is 9.26 Å². The van der Waals surface area contributed by atoms with Gasteiger partial charge in [0.1, 0.15) is 5.75 Å². The fourth-order valence-electron chi connectivity index (χ4n) is 4.31. The van der Waals surface area contributed by atoms with E-state index in [1.54, 1.807) is 30.3 Å². The molecule has 0 saturated carbocycles. The maximum Gasteiger partial charge on any atom is 0.346 e. The normalized spacial score (nSPS) is 19.4. The van der Waals surface area contributed by atoms with E-state index in [9.17, 15) is 19.1 Å². The summed E-state index contributed by atoms with van der Waals surface area (Å²) in [5, 5.41) is 11.8. The van der Waals surface area contributed by atoms with Crippen molar-refractivity contribution >= 4 is 13.4 Å². The summed E-state index contributed by atoms with van der Waals surface area (Å²) in [7, 11) is -3.04. The molecule has 2 aliphatic heterocycles. The second-order valence-corrected chi connectivity index (χ2v) is 10.9. The topological polar surface area (TPSA) is 110 Å². The number of ether oxygens (including phenoxy) is 1. The minimum Gasteiger partial charge on any atom is -0.450 e. The maximum absolute atomic E-state index is 13.5. The first kappa shape index (κ1) is 22.2. The lowest BCUT2D eigenvalue weighted by Gasteiger charge is -2.24. The number of hydrogen-bond donors (Lipinski definition) is 0. The molecule has 1 aromatic heterocycles. The second-order valence-electron chi connectivity index (χ2n) is 8.62. The molecule has 0 radical (unpaired) electrons. The molecule has 1 aliphatic carbocycles. The molecule has 2 fully saturated rings. The predicted molar refractivity (Wildman–Crippen MR) is 123 cm³/mol. The van der Waals surface area contributed by atoms with Crippen molar-refractivity contribution in [3.63, 3.8) is 0 Å². The van der Waals surface area contributed by atoms with E-state index >= 15 is 0 Å². The van der Waals surface area contributed by atoms with Crippen LogP contribution in [0.1, 0.15) is 23.7 Å². The summed E-state index contributed by atoms with van der Waals surface area (Å²) in [6, 6.07) is 9.81. The Bertz CT molecular complexity index is 1330. The van der Waals surface area contributed by atoms with Gasteiger partial charge >= 0.3 is 13.4 Å². The lowest BCUT2D eigenvalue weighted by Crippen LogP contribution is -2.11. The van der Waals surface area contributed by atoms with E-state index in [1.165, 1.54) is 6.07 Å². The van der Waals surface area contributed by atoms with E-state index in [-0.39, 0.29) is 11.4 Å². The van der Waals surface area contributed by atoms with Crippen molar-refractivity contribution in [2.75, 3.05) is 26.2 Å². The number of hydrogen-bond acceptors (Lipinski definition) is 7. The molecule has 35 heavy (non-hydrogen) atoms. The average molecular weight is 497 g/mol. The maximum atomic E-state index is 13.5. The van der Waals surface area contributed by atoms with Crippen LogP contribution in [0.3, 0.4) is 0 Å². The second kappa shape index (κ2) is 8.46. The molecule has 0 bridgehead atoms. The molecule has 180 valence electrons. The van der Waals surface area contributed by atoms with Gasteiger partial charge in [0.05, 0.1) is 23.4 Å². The molecule has 0 unspecified atom stereocenters. The number of halogens is 1. The Hall–Kier alpha value is -3.24. The molecule has 3 aliphatic rings. The number of benzene rings is 2. The Balaban J connectivity index is 1.29. The van der Waals surface area contributed by atoms with Crippen LogP contribution in [0.2, 0.25) is 0 Å². The minimum absolute atomic E-state index is 0.143. The highest BCUT2D eigenvalue weighted by molar-refractivity contribution is 7.54. The first-order chi connectivity index (χ1) is 16.9. The Morgan fingerprint density at radius 1 is 1.03 bits per heavy atom. The highest BCUT2D eigenvalue weighted by Crippen LogP contribution is 2.64. The third-order valence-electron chi connectivity index (χ3n) is 6.26. The van der Waals surface area contributed by atoms with Gasteiger partial charge in [0.2, 0.25) is 5.75 Å². The zero-order valence-electron chi connectivity index (χ0n) is 18.5. The van der Waals surface area contributed by atoms with Gasteiger partial charge in [0, 0.05) is 43.4 Å². The molecule has 6 rings (SSSR count). The number of nitro benzene ring substituents is 1. The van der Waals surface area contributed by atoms with Crippen molar-refractivity contribution in [3.05, 3.63) is 75.9 Å². The molecule has 0 spiro atoms. The van der Waals surface area contributed by atoms with Crippen molar-refractivity contribution in [2.45, 2.75) is 18.9 Å². The van der Waals surface area contributed by atoms with Gasteiger partial charge in [-0.25, -0.2) is 23.7 Å². The van der Waals surface area contributed by atoms with E-state index in [0.717, 1.165) is 44.1 Å². The molecule has 12 heteroatoms. The summed E-state index contributed by atoms with van der Waals surface area (Å²) in [5.74, 6) is 0.390. The summed E-state index contributed by atoms with van der Waals surface area (Å²) >= 11 is 0. The number of fused-ring (bicyclic) bond motifs is 1. The van der Waals surface area contributed by atoms with Crippen LogP contribution in [0.25, 0.3) is 11.4 Å². The van der Waals surface area contributed by atoms with Gasteiger partial charge in [-0.1, -0.05) is 0 Å². The first-order valence-corrected chi connectivity index (χ1v) is 12.8. The van der Waals surface area contributed by atoms with Crippen LogP contribution < -0.4 is 4.74 Å². The molecule has 3 aromatic rings. The van der Waals surface area contributed by atoms with Crippen molar-refractivity contribution < 1.29 is 23.1 Å². The van der Waals surface area contributed by atoms with Gasteiger partial charge in [0.25, 0.3) is 0 Å². The molecule has 10 nitrogen and oxygen atoms in total. The van der Waals surface area contributed by atoms with Crippen LogP contribution in [0.4, 0.5) is 10.1 Å². The minimum atomic E-state index is -3.04. The van der Waals surface area contributed by atoms with Gasteiger partial charge in [0.15, 0.2) is 11.6 Å². The summed E-state index contributed by atoms with van der Waals surface area (Å²) in [6.07, 6.45) is 2.83. The lowest BCUT2D eigenvalue weighted by atomic mass is 10.1. The Labute approximate surface area is 200 Å². The molecule has 3 heterocycles. The molecular formula is C23H21FN5O5P. The molecular weight excluding hydrogens is 476 g/mol. The lowest BCUT2D eigenvalue weighted by molar-refractivity contribution is -0.385. The van der Waals surface area contributed by atoms with E-state index < -0.39 is 24.5 Å². The quantitative estimate of drug-likeness (QED) is 0.189. The van der Waals surface area contributed by atoms with Crippen LogP contribution in [0.15, 0.2) is 48.8 Å². The zero-order valence-corrected chi connectivity index (χ0v) is 19.4. The van der Waals surface area contributed by atoms with E-state index in [1.807, 2.05) is 9.34 Å². The van der Waals surface area contributed by atoms with Crippen molar-refractivity contribution in [1.29, 1.82) is 0 Å². The zero-order chi connectivity index (χ0) is 24.2. The summed E-state index contributed by atoms with van der Waals surface area (Å²) in [5.41, 5.74) is 1.97. The van der Waals surface area contributed by atoms with Crippen LogP contribution in [-0.4, -0.2) is 50.4 Å². The fraction of sp³-hybridized carbons (Fsp3) is 0.304. The van der Waals surface area contributed by atoms with Gasteiger partial charge in [-0.15, -0.1) is 0 Å². The molecule has 0 N–H and O–H groups in total. The summed E-state index contributed by atoms with van der Waals surface area (Å²) < 4.78 is 42.5. The van der Waals surface area contributed by atoms with Gasteiger partial charge in [-0.3, -0.25) is 19.2 Å². The molecule has 2 saturated heterocycles. The van der Waals surface area contributed by atoms with Gasteiger partial charge in [-0.05, 0) is 48.7 Å². The van der Waals surface area contributed by atoms with Crippen LogP contribution in [0, 0.1) is 15.9 Å². The number of nitrogens with zero attached hydrogens (tertiary/aromatic N) is 5. The number of aromatic nitrogens is 2. The Morgan fingerprint density at radius 3 is 2.29 bits per heavy atom. The molecule has 2 aromatic carbocycles. The van der Waals surface area contributed by atoms with Crippen molar-refractivity contribution in [2.24, 2.45) is 0 Å². The van der Waals surface area contributed by atoms with Crippen LogP contribution >= 0.6 is 7.67 Å². The number of nitro groups is 1. The summed E-state index contributed by atoms with van der Waals surface area (Å²) in [6.45, 7) is 3.00. The van der Waals surface area contributed by atoms with Gasteiger partial charge in [-0.2, -0.15) is 0 Å². The third kappa shape index (κ3) is 4.21. The summed E-state index contributed by atoms with van der Waals surface area (Å²) in [4.78, 5) is 19.2. The molecule has 1 atom stereocenters. The van der Waals surface area contributed by atoms with Crippen LogP contribution in [0.5, 0.6) is 11.5 Å². The standard InChI is InChI=1S/C23H21FN5O5P/c24-16-13-25-23(26-14-16)15-1-3-17(4-2-15)33-22-19-6-8-21(18(19)5-7-20(22)29(30)31)34-35(32,27-9-10-27)28-11-12-28/h1-5,7,13-14,21H,6,8-12H2/t21-/m0/s1. The number of rotatable bonds is 8. The average Bonchev–Trinajstić information content (AvgIpc) is 3.77. The van der Waals surface area contributed by atoms with Crippen molar-refractivity contribution in [3.8, 4) is 22.9 Å². The monoisotopic (exact) mass is 497 g/mol. The molecule has 0 amide bonds. The SMILES string of the molecule is O=[N+]([O-])c1ccc2c(c1Oc1ccc(-c3ncc(F)cn3)cc1)CC[C@@H]2OP(=O)(N1CC1)N1CC1. The Morgan fingerprint density at radius 2 is 1.69 bits per heavy atom. The Kier molecular flexibility index (Phi) is 5.37. The fourth-order valence-corrected chi connectivity index (χ4v) is 6.68. The van der Waals surface area contributed by atoms with Crippen molar-refractivity contribution in [1.82, 2.24) is 19.3 Å². The van der Waals surface area contributed by atoms with Gasteiger partial charge < -0.3 is 4.74 Å². The highest BCUT2D eigenvalue weighted by atomic mass is 31.2.